The van der Waals surface area contributed by atoms with Gasteiger partial charge in [-0.05, 0) is 23.8 Å². The highest BCUT2D eigenvalue weighted by molar-refractivity contribution is 6.32. The molecule has 1 aliphatic rings. The Morgan fingerprint density at radius 3 is 3.00 bits per heavy atom. The molecule has 104 valence electrons. The van der Waals surface area contributed by atoms with E-state index in [2.05, 4.69) is 5.32 Å². The van der Waals surface area contributed by atoms with Crippen LogP contribution in [0.25, 0.3) is 0 Å². The number of hydrogen-bond acceptors (Lipinski definition) is 3. The van der Waals surface area contributed by atoms with Gasteiger partial charge in [0.15, 0.2) is 0 Å². The van der Waals surface area contributed by atoms with Crippen LogP contribution in [-0.2, 0) is 17.6 Å². The summed E-state index contributed by atoms with van der Waals surface area (Å²) in [4.78, 5) is 11.4. The molecule has 0 bridgehead atoms. The average Bonchev–Trinajstić information content (AvgIpc) is 3.01. The Hall–Kier alpha value is -1.78. The minimum atomic E-state index is -0.850. The zero-order valence-corrected chi connectivity index (χ0v) is 11.7. The maximum Gasteiger partial charge on any atom is 0.228 e. The number of halogens is 1. The Balaban J connectivity index is 2.03. The lowest BCUT2D eigenvalue weighted by Crippen LogP contribution is -2.03. The number of aliphatic hydroxyl groups is 1. The maximum atomic E-state index is 11.4. The highest BCUT2D eigenvalue weighted by Gasteiger charge is 2.24. The molecule has 0 aliphatic carbocycles. The predicted molar refractivity (Wildman–Crippen MR) is 75.9 cm³/mol. The summed E-state index contributed by atoms with van der Waals surface area (Å²) in [6.07, 6.45) is 1.72. The van der Waals surface area contributed by atoms with Crippen LogP contribution in [0.4, 0.5) is 5.69 Å². The van der Waals surface area contributed by atoms with Gasteiger partial charge in [-0.3, -0.25) is 4.79 Å². The van der Waals surface area contributed by atoms with Crippen LogP contribution in [0.5, 0.6) is 0 Å². The van der Waals surface area contributed by atoms with Crippen LogP contribution in [-0.4, -0.2) is 11.0 Å². The number of furan rings is 1. The lowest BCUT2D eigenvalue weighted by atomic mass is 9.98. The Bertz CT molecular complexity index is 678. The molecule has 5 heteroatoms. The van der Waals surface area contributed by atoms with Crippen LogP contribution in [0.15, 0.2) is 28.9 Å². The first-order chi connectivity index (χ1) is 9.60. The summed E-state index contributed by atoms with van der Waals surface area (Å²) < 4.78 is 5.34. The number of rotatable bonds is 3. The molecule has 0 saturated heterocycles. The van der Waals surface area contributed by atoms with E-state index in [-0.39, 0.29) is 5.91 Å². The third-order valence-electron chi connectivity index (χ3n) is 3.54. The molecule has 1 aromatic carbocycles. The molecule has 3 rings (SSSR count). The molecule has 0 fully saturated rings. The summed E-state index contributed by atoms with van der Waals surface area (Å²) >= 11 is 6.22. The monoisotopic (exact) mass is 291 g/mol. The van der Waals surface area contributed by atoms with Gasteiger partial charge in [0, 0.05) is 28.3 Å². The van der Waals surface area contributed by atoms with Crippen LogP contribution < -0.4 is 5.32 Å². The van der Waals surface area contributed by atoms with Gasteiger partial charge in [0.25, 0.3) is 0 Å². The summed E-state index contributed by atoms with van der Waals surface area (Å²) in [7, 11) is 0. The second-order valence-electron chi connectivity index (χ2n) is 4.81. The van der Waals surface area contributed by atoms with E-state index < -0.39 is 6.10 Å². The second kappa shape index (κ2) is 4.96. The Labute approximate surface area is 121 Å². The Kier molecular flexibility index (Phi) is 3.28. The summed E-state index contributed by atoms with van der Waals surface area (Å²) in [6.45, 7) is 1.96. The van der Waals surface area contributed by atoms with Gasteiger partial charge in [0.05, 0.1) is 12.7 Å². The fourth-order valence-electron chi connectivity index (χ4n) is 2.53. The molecule has 1 aromatic heterocycles. The SMILES string of the molecule is CCc1occc1C(O)c1cc2c(cc1Cl)NC(=O)C2. The number of anilines is 1. The first-order valence-electron chi connectivity index (χ1n) is 6.46. The van der Waals surface area contributed by atoms with Crippen molar-refractivity contribution in [3.8, 4) is 0 Å². The lowest BCUT2D eigenvalue weighted by Gasteiger charge is -2.14. The second-order valence-corrected chi connectivity index (χ2v) is 5.22. The van der Waals surface area contributed by atoms with Gasteiger partial charge in [0.2, 0.25) is 5.91 Å². The summed E-state index contributed by atoms with van der Waals surface area (Å²) in [5.41, 5.74) is 2.89. The van der Waals surface area contributed by atoms with Crippen molar-refractivity contribution in [1.29, 1.82) is 0 Å². The first kappa shape index (κ1) is 13.2. The van der Waals surface area contributed by atoms with Crippen LogP contribution in [0.1, 0.15) is 35.5 Å². The topological polar surface area (TPSA) is 62.5 Å². The van der Waals surface area contributed by atoms with Crippen LogP contribution in [0.3, 0.4) is 0 Å². The Morgan fingerprint density at radius 2 is 2.25 bits per heavy atom. The van der Waals surface area contributed by atoms with E-state index in [1.54, 1.807) is 24.5 Å². The van der Waals surface area contributed by atoms with Crippen molar-refractivity contribution in [2.45, 2.75) is 25.9 Å². The molecule has 0 spiro atoms. The van der Waals surface area contributed by atoms with Crippen molar-refractivity contribution in [1.82, 2.24) is 0 Å². The number of aliphatic hydroxyl groups excluding tert-OH is 1. The van der Waals surface area contributed by atoms with Crippen LogP contribution in [0.2, 0.25) is 5.02 Å². The summed E-state index contributed by atoms with van der Waals surface area (Å²) in [6, 6.07) is 5.22. The molecule has 1 amide bonds. The largest absolute Gasteiger partial charge is 0.469 e. The van der Waals surface area contributed by atoms with E-state index in [4.69, 9.17) is 16.0 Å². The normalized spacial score (nSPS) is 15.1. The molecule has 0 saturated carbocycles. The fraction of sp³-hybridized carbons (Fsp3) is 0.267. The number of nitrogens with one attached hydrogen (secondary N) is 1. The number of amides is 1. The van der Waals surface area contributed by atoms with E-state index in [9.17, 15) is 9.90 Å². The third kappa shape index (κ3) is 2.11. The minimum absolute atomic E-state index is 0.0553. The van der Waals surface area contributed by atoms with Gasteiger partial charge in [-0.15, -0.1) is 0 Å². The lowest BCUT2D eigenvalue weighted by molar-refractivity contribution is -0.115. The Morgan fingerprint density at radius 1 is 1.45 bits per heavy atom. The fourth-order valence-corrected chi connectivity index (χ4v) is 2.79. The standard InChI is InChI=1S/C15H14ClNO3/c1-2-13-9(3-4-20-13)15(19)10-5-8-6-14(18)17-12(8)7-11(10)16/h3-5,7,15,19H,2,6H2,1H3,(H,17,18). The smallest absolute Gasteiger partial charge is 0.228 e. The zero-order valence-electron chi connectivity index (χ0n) is 10.9. The molecule has 1 atom stereocenters. The number of carbonyl (C=O) groups excluding carboxylic acids is 1. The van der Waals surface area contributed by atoms with E-state index >= 15 is 0 Å². The van der Waals surface area contributed by atoms with Gasteiger partial charge in [-0.25, -0.2) is 0 Å². The molecule has 2 N–H and O–H groups in total. The van der Waals surface area contributed by atoms with Crippen molar-refractivity contribution in [2.75, 3.05) is 5.32 Å². The quantitative estimate of drug-likeness (QED) is 0.913. The number of fused-ring (bicyclic) bond motifs is 1. The van der Waals surface area contributed by atoms with E-state index in [0.717, 1.165) is 17.0 Å². The molecule has 2 aromatic rings. The van der Waals surface area contributed by atoms with Gasteiger partial charge < -0.3 is 14.8 Å². The third-order valence-corrected chi connectivity index (χ3v) is 3.87. The predicted octanol–water partition coefficient (Wildman–Crippen LogP) is 3.07. The van der Waals surface area contributed by atoms with Gasteiger partial charge >= 0.3 is 0 Å². The van der Waals surface area contributed by atoms with Gasteiger partial charge in [0.1, 0.15) is 11.9 Å². The molecule has 0 radical (unpaired) electrons. The van der Waals surface area contributed by atoms with E-state index in [1.807, 2.05) is 6.92 Å². The van der Waals surface area contributed by atoms with Gasteiger partial charge in [-0.2, -0.15) is 0 Å². The van der Waals surface area contributed by atoms with Crippen LogP contribution >= 0.6 is 11.6 Å². The minimum Gasteiger partial charge on any atom is -0.469 e. The molecule has 1 unspecified atom stereocenters. The van der Waals surface area contributed by atoms with Crippen molar-refractivity contribution >= 4 is 23.2 Å². The molecule has 4 nitrogen and oxygen atoms in total. The molecule has 2 heterocycles. The van der Waals surface area contributed by atoms with E-state index in [0.29, 0.717) is 29.0 Å². The van der Waals surface area contributed by atoms with Crippen molar-refractivity contribution in [3.05, 3.63) is 51.9 Å². The maximum absolute atomic E-state index is 11.4. The van der Waals surface area contributed by atoms with E-state index in [1.165, 1.54) is 0 Å². The van der Waals surface area contributed by atoms with Gasteiger partial charge in [-0.1, -0.05) is 18.5 Å². The number of hydrogen-bond donors (Lipinski definition) is 2. The molecular formula is C15H14ClNO3. The highest BCUT2D eigenvalue weighted by atomic mass is 35.5. The highest BCUT2D eigenvalue weighted by Crippen LogP contribution is 2.36. The summed E-state index contributed by atoms with van der Waals surface area (Å²) in [5, 5.41) is 13.7. The van der Waals surface area contributed by atoms with Crippen molar-refractivity contribution < 1.29 is 14.3 Å². The summed E-state index contributed by atoms with van der Waals surface area (Å²) in [5.74, 6) is 0.684. The number of carbonyl (C=O) groups is 1. The number of aryl methyl sites for hydroxylation is 1. The molecule has 20 heavy (non-hydrogen) atoms. The van der Waals surface area contributed by atoms with Crippen LogP contribution in [0, 0.1) is 0 Å². The van der Waals surface area contributed by atoms with Crippen molar-refractivity contribution in [3.63, 3.8) is 0 Å². The molecule has 1 aliphatic heterocycles. The average molecular weight is 292 g/mol. The zero-order chi connectivity index (χ0) is 14.3. The number of benzene rings is 1. The van der Waals surface area contributed by atoms with Crippen molar-refractivity contribution in [2.24, 2.45) is 0 Å². The first-order valence-corrected chi connectivity index (χ1v) is 6.84. The molecular weight excluding hydrogens is 278 g/mol.